The first-order valence-electron chi connectivity index (χ1n) is 6.75. The van der Waals surface area contributed by atoms with Crippen molar-refractivity contribution in [3.8, 4) is 0 Å². The van der Waals surface area contributed by atoms with Crippen molar-refractivity contribution in [2.24, 2.45) is 0 Å². The lowest BCUT2D eigenvalue weighted by Crippen LogP contribution is -2.29. The number of thioether (sulfide) groups is 1. The molecule has 1 aromatic rings. The van der Waals surface area contributed by atoms with E-state index in [0.29, 0.717) is 6.04 Å². The summed E-state index contributed by atoms with van der Waals surface area (Å²) in [5.41, 5.74) is 4.26. The average Bonchev–Trinajstić information content (AvgIpc) is 2.83. The number of rotatable bonds is 6. The van der Waals surface area contributed by atoms with Gasteiger partial charge in [0, 0.05) is 24.8 Å². The molecule has 0 amide bonds. The standard InChI is InChI=1S/C15H24N2S/c1-12(7-9-18-3)17(2)11-13-4-5-15-14(10-13)6-8-16-15/h4-5,10,12,16H,6-9,11H2,1-3H3. The summed E-state index contributed by atoms with van der Waals surface area (Å²) in [6.07, 6.45) is 4.62. The number of hydrogen-bond donors (Lipinski definition) is 1. The zero-order valence-electron chi connectivity index (χ0n) is 11.7. The number of nitrogens with one attached hydrogen (secondary N) is 1. The SMILES string of the molecule is CSCCC(C)N(C)Cc1ccc2c(c1)CCN2. The molecule has 1 atom stereocenters. The summed E-state index contributed by atoms with van der Waals surface area (Å²) in [5, 5.41) is 3.41. The molecule has 0 bridgehead atoms. The third kappa shape index (κ3) is 3.42. The van der Waals surface area contributed by atoms with Gasteiger partial charge in [-0.25, -0.2) is 0 Å². The molecule has 1 unspecified atom stereocenters. The second-order valence-electron chi connectivity index (χ2n) is 5.21. The number of benzene rings is 1. The van der Waals surface area contributed by atoms with E-state index in [1.807, 2.05) is 11.8 Å². The van der Waals surface area contributed by atoms with Crippen LogP contribution >= 0.6 is 11.8 Å². The zero-order chi connectivity index (χ0) is 13.0. The van der Waals surface area contributed by atoms with Crippen LogP contribution in [0.2, 0.25) is 0 Å². The first kappa shape index (κ1) is 13.8. The molecule has 0 saturated heterocycles. The third-order valence-corrected chi connectivity index (χ3v) is 4.45. The van der Waals surface area contributed by atoms with Gasteiger partial charge in [-0.15, -0.1) is 0 Å². The molecule has 1 heterocycles. The van der Waals surface area contributed by atoms with Gasteiger partial charge in [0.25, 0.3) is 0 Å². The molecule has 0 saturated carbocycles. The van der Waals surface area contributed by atoms with E-state index in [-0.39, 0.29) is 0 Å². The Bertz CT molecular complexity index is 392. The molecule has 1 aliphatic heterocycles. The highest BCUT2D eigenvalue weighted by molar-refractivity contribution is 7.98. The summed E-state index contributed by atoms with van der Waals surface area (Å²) in [6, 6.07) is 7.52. The zero-order valence-corrected chi connectivity index (χ0v) is 12.5. The van der Waals surface area contributed by atoms with Crippen molar-refractivity contribution >= 4 is 17.4 Å². The molecule has 1 aromatic carbocycles. The van der Waals surface area contributed by atoms with Crippen molar-refractivity contribution in [2.75, 3.05) is 30.9 Å². The molecular weight excluding hydrogens is 240 g/mol. The Morgan fingerprint density at radius 1 is 1.44 bits per heavy atom. The van der Waals surface area contributed by atoms with Crippen LogP contribution < -0.4 is 5.32 Å². The fourth-order valence-electron chi connectivity index (χ4n) is 2.41. The maximum absolute atomic E-state index is 3.41. The van der Waals surface area contributed by atoms with Gasteiger partial charge in [-0.3, -0.25) is 4.90 Å². The lowest BCUT2D eigenvalue weighted by Gasteiger charge is -2.24. The maximum Gasteiger partial charge on any atom is 0.0373 e. The van der Waals surface area contributed by atoms with E-state index in [4.69, 9.17) is 0 Å². The van der Waals surface area contributed by atoms with Crippen LogP contribution in [0.1, 0.15) is 24.5 Å². The Labute approximate surface area is 115 Å². The summed E-state index contributed by atoms with van der Waals surface area (Å²) in [5.74, 6) is 1.25. The maximum atomic E-state index is 3.41. The summed E-state index contributed by atoms with van der Waals surface area (Å²) in [6.45, 7) is 4.48. The van der Waals surface area contributed by atoms with E-state index < -0.39 is 0 Å². The first-order chi connectivity index (χ1) is 8.70. The lowest BCUT2D eigenvalue weighted by molar-refractivity contribution is 0.245. The predicted octanol–water partition coefficient (Wildman–Crippen LogP) is 3.23. The highest BCUT2D eigenvalue weighted by Crippen LogP contribution is 2.23. The smallest absolute Gasteiger partial charge is 0.0373 e. The van der Waals surface area contributed by atoms with Gasteiger partial charge in [0.05, 0.1) is 0 Å². The van der Waals surface area contributed by atoms with Gasteiger partial charge in [0.2, 0.25) is 0 Å². The lowest BCUT2D eigenvalue weighted by atomic mass is 10.1. The molecule has 0 aliphatic carbocycles. The molecule has 2 nitrogen and oxygen atoms in total. The highest BCUT2D eigenvalue weighted by Gasteiger charge is 2.13. The molecule has 1 N–H and O–H groups in total. The fourth-order valence-corrected chi connectivity index (χ4v) is 2.99. The third-order valence-electron chi connectivity index (χ3n) is 3.80. The highest BCUT2D eigenvalue weighted by atomic mass is 32.2. The van der Waals surface area contributed by atoms with Gasteiger partial charge in [-0.05, 0) is 56.0 Å². The van der Waals surface area contributed by atoms with E-state index in [9.17, 15) is 0 Å². The van der Waals surface area contributed by atoms with Crippen molar-refractivity contribution in [3.63, 3.8) is 0 Å². The van der Waals surface area contributed by atoms with E-state index in [2.05, 4.69) is 48.6 Å². The minimum absolute atomic E-state index is 0.656. The Kier molecular flexibility index (Phi) is 4.95. The molecule has 100 valence electrons. The summed E-state index contributed by atoms with van der Waals surface area (Å²) in [4.78, 5) is 2.46. The quantitative estimate of drug-likeness (QED) is 0.849. The number of nitrogens with zero attached hydrogens (tertiary/aromatic N) is 1. The van der Waals surface area contributed by atoms with Crippen LogP contribution in [0.4, 0.5) is 5.69 Å². The van der Waals surface area contributed by atoms with Crippen molar-refractivity contribution < 1.29 is 0 Å². The van der Waals surface area contributed by atoms with Crippen LogP contribution in [-0.2, 0) is 13.0 Å². The van der Waals surface area contributed by atoms with Crippen molar-refractivity contribution in [2.45, 2.75) is 32.4 Å². The molecule has 1 aliphatic rings. The van der Waals surface area contributed by atoms with E-state index >= 15 is 0 Å². The molecule has 3 heteroatoms. The Balaban J connectivity index is 1.92. The largest absolute Gasteiger partial charge is 0.384 e. The molecule has 0 radical (unpaired) electrons. The van der Waals surface area contributed by atoms with E-state index in [1.54, 1.807) is 0 Å². The van der Waals surface area contributed by atoms with Crippen molar-refractivity contribution in [3.05, 3.63) is 29.3 Å². The van der Waals surface area contributed by atoms with E-state index in [1.165, 1.54) is 35.4 Å². The topological polar surface area (TPSA) is 15.3 Å². The normalized spacial score (nSPS) is 15.6. The van der Waals surface area contributed by atoms with Crippen LogP contribution in [0.15, 0.2) is 18.2 Å². The first-order valence-corrected chi connectivity index (χ1v) is 8.15. The second kappa shape index (κ2) is 6.48. The molecule has 0 fully saturated rings. The fraction of sp³-hybridized carbons (Fsp3) is 0.600. The Morgan fingerprint density at radius 2 is 2.28 bits per heavy atom. The van der Waals surface area contributed by atoms with Gasteiger partial charge >= 0.3 is 0 Å². The van der Waals surface area contributed by atoms with Gasteiger partial charge in [-0.1, -0.05) is 12.1 Å². The van der Waals surface area contributed by atoms with Gasteiger partial charge in [0.15, 0.2) is 0 Å². The monoisotopic (exact) mass is 264 g/mol. The number of fused-ring (bicyclic) bond motifs is 1. The minimum atomic E-state index is 0.656. The summed E-state index contributed by atoms with van der Waals surface area (Å²) in [7, 11) is 2.23. The Hall–Kier alpha value is -0.670. The van der Waals surface area contributed by atoms with Crippen molar-refractivity contribution in [1.82, 2.24) is 4.90 Å². The van der Waals surface area contributed by atoms with Crippen LogP contribution in [0.25, 0.3) is 0 Å². The van der Waals surface area contributed by atoms with Gasteiger partial charge < -0.3 is 5.32 Å². The minimum Gasteiger partial charge on any atom is -0.384 e. The molecule has 0 aromatic heterocycles. The predicted molar refractivity (Wildman–Crippen MR) is 82.6 cm³/mol. The van der Waals surface area contributed by atoms with Crippen LogP contribution in [0, 0.1) is 0 Å². The molecular formula is C15H24N2S. The molecule has 18 heavy (non-hydrogen) atoms. The van der Waals surface area contributed by atoms with Gasteiger partial charge in [-0.2, -0.15) is 11.8 Å². The van der Waals surface area contributed by atoms with Crippen LogP contribution in [-0.4, -0.2) is 36.5 Å². The van der Waals surface area contributed by atoms with Gasteiger partial charge in [0.1, 0.15) is 0 Å². The van der Waals surface area contributed by atoms with Crippen LogP contribution in [0.5, 0.6) is 0 Å². The van der Waals surface area contributed by atoms with Crippen molar-refractivity contribution in [1.29, 1.82) is 0 Å². The summed E-state index contributed by atoms with van der Waals surface area (Å²) >= 11 is 1.94. The number of anilines is 1. The summed E-state index contributed by atoms with van der Waals surface area (Å²) < 4.78 is 0. The Morgan fingerprint density at radius 3 is 3.06 bits per heavy atom. The van der Waals surface area contributed by atoms with E-state index in [0.717, 1.165) is 13.1 Å². The average molecular weight is 264 g/mol. The second-order valence-corrected chi connectivity index (χ2v) is 6.20. The molecule has 2 rings (SSSR count). The molecule has 0 spiro atoms. The number of hydrogen-bond acceptors (Lipinski definition) is 3. The van der Waals surface area contributed by atoms with Crippen LogP contribution in [0.3, 0.4) is 0 Å².